The van der Waals surface area contributed by atoms with Crippen LogP contribution in [0.2, 0.25) is 0 Å². The normalized spacial score (nSPS) is 18.3. The molecule has 0 spiro atoms. The molecule has 0 radical (unpaired) electrons. The summed E-state index contributed by atoms with van der Waals surface area (Å²) in [4.78, 5) is 24.0. The van der Waals surface area contributed by atoms with Gasteiger partial charge in [0.15, 0.2) is 0 Å². The van der Waals surface area contributed by atoms with Crippen molar-refractivity contribution in [2.45, 2.75) is 57.4 Å². The highest BCUT2D eigenvalue weighted by Crippen LogP contribution is 2.35. The fourth-order valence-corrected chi connectivity index (χ4v) is 5.05. The van der Waals surface area contributed by atoms with Gasteiger partial charge in [-0.2, -0.15) is 4.98 Å². The lowest BCUT2D eigenvalue weighted by atomic mass is 9.94. The molecule has 1 aliphatic heterocycles. The summed E-state index contributed by atoms with van der Waals surface area (Å²) in [6, 6.07) is 8.06. The molecule has 2 fully saturated rings. The number of aromatic nitrogens is 3. The number of anilines is 1. The quantitative estimate of drug-likeness (QED) is 0.579. The van der Waals surface area contributed by atoms with E-state index in [0.717, 1.165) is 67.0 Å². The van der Waals surface area contributed by atoms with E-state index in [2.05, 4.69) is 25.3 Å². The van der Waals surface area contributed by atoms with Gasteiger partial charge in [-0.05, 0) is 49.9 Å². The molecule has 8 heteroatoms. The molecule has 1 saturated heterocycles. The summed E-state index contributed by atoms with van der Waals surface area (Å²) in [6.07, 6.45) is 10.4. The molecule has 1 N–H and O–H groups in total. The maximum Gasteiger partial charge on any atom is 0.263 e. The van der Waals surface area contributed by atoms with E-state index in [0.29, 0.717) is 11.8 Å². The van der Waals surface area contributed by atoms with E-state index >= 15 is 0 Å². The zero-order chi connectivity index (χ0) is 22.6. The van der Waals surface area contributed by atoms with E-state index in [4.69, 9.17) is 9.26 Å². The summed E-state index contributed by atoms with van der Waals surface area (Å²) in [5.41, 5.74) is 2.11. The summed E-state index contributed by atoms with van der Waals surface area (Å²) in [5, 5.41) is 8.42. The number of nitrogens with one attached hydrogen (secondary N) is 1. The second-order valence-electron chi connectivity index (χ2n) is 9.10. The molecule has 33 heavy (non-hydrogen) atoms. The van der Waals surface area contributed by atoms with Crippen molar-refractivity contribution in [2.75, 3.05) is 25.1 Å². The van der Waals surface area contributed by atoms with Crippen LogP contribution in [-0.4, -0.2) is 47.3 Å². The van der Waals surface area contributed by atoms with E-state index in [-0.39, 0.29) is 11.8 Å². The Labute approximate surface area is 193 Å². The Morgan fingerprint density at radius 2 is 1.76 bits per heavy atom. The van der Waals surface area contributed by atoms with Gasteiger partial charge in [0.25, 0.3) is 5.71 Å². The number of methoxy groups -OCH3 is 1. The van der Waals surface area contributed by atoms with Gasteiger partial charge in [-0.3, -0.25) is 4.79 Å². The molecular formula is C25H31N5O3. The molecule has 1 saturated carbocycles. The molecule has 5 rings (SSSR count). The van der Waals surface area contributed by atoms with Gasteiger partial charge < -0.3 is 19.5 Å². The number of hydrogen-bond acceptors (Lipinski definition) is 7. The molecular weight excluding hydrogens is 418 g/mol. The standard InChI is InChI=1S/C25H31N5O3/c1-32-20-10-8-17(9-11-20)22-21-23(26-16-27-25(21)33-29-22)30-14-12-18(13-15-30)24(31)28-19-6-4-2-3-5-7-19/h8-11,16,18-19H,2-7,12-15H2,1H3,(H,28,31). The number of rotatable bonds is 5. The summed E-state index contributed by atoms with van der Waals surface area (Å²) >= 11 is 0. The van der Waals surface area contributed by atoms with Crippen molar-refractivity contribution in [2.24, 2.45) is 5.92 Å². The second-order valence-corrected chi connectivity index (χ2v) is 9.10. The van der Waals surface area contributed by atoms with Crippen LogP contribution in [-0.2, 0) is 4.79 Å². The van der Waals surface area contributed by atoms with Gasteiger partial charge in [0, 0.05) is 30.6 Å². The average molecular weight is 450 g/mol. The number of fused-ring (bicyclic) bond motifs is 1. The Morgan fingerprint density at radius 3 is 2.45 bits per heavy atom. The maximum absolute atomic E-state index is 12.9. The highest BCUT2D eigenvalue weighted by Gasteiger charge is 2.29. The lowest BCUT2D eigenvalue weighted by Crippen LogP contribution is -2.44. The number of benzene rings is 1. The van der Waals surface area contributed by atoms with Gasteiger partial charge in [0.2, 0.25) is 5.91 Å². The number of carbonyl (C=O) groups is 1. The summed E-state index contributed by atoms with van der Waals surface area (Å²) in [7, 11) is 1.65. The van der Waals surface area contributed by atoms with Crippen LogP contribution < -0.4 is 15.0 Å². The van der Waals surface area contributed by atoms with Crippen LogP contribution >= 0.6 is 0 Å². The van der Waals surface area contributed by atoms with Gasteiger partial charge in [-0.25, -0.2) is 4.98 Å². The molecule has 0 bridgehead atoms. The molecule has 2 aromatic heterocycles. The fourth-order valence-electron chi connectivity index (χ4n) is 5.05. The highest BCUT2D eigenvalue weighted by atomic mass is 16.5. The Kier molecular flexibility index (Phi) is 6.41. The third-order valence-corrected chi connectivity index (χ3v) is 6.98. The van der Waals surface area contributed by atoms with Crippen LogP contribution in [0.15, 0.2) is 35.1 Å². The van der Waals surface area contributed by atoms with E-state index in [1.54, 1.807) is 7.11 Å². The average Bonchev–Trinajstić information content (AvgIpc) is 3.14. The van der Waals surface area contributed by atoms with Crippen LogP contribution in [0.3, 0.4) is 0 Å². The van der Waals surface area contributed by atoms with Crippen LogP contribution in [0.25, 0.3) is 22.4 Å². The summed E-state index contributed by atoms with van der Waals surface area (Å²) in [5.74, 6) is 1.88. The number of ether oxygens (including phenoxy) is 1. The third kappa shape index (κ3) is 4.65. The monoisotopic (exact) mass is 449 g/mol. The first-order valence-electron chi connectivity index (χ1n) is 12.0. The zero-order valence-electron chi connectivity index (χ0n) is 19.1. The predicted octanol–water partition coefficient (Wildman–Crippen LogP) is 4.35. The van der Waals surface area contributed by atoms with Crippen molar-refractivity contribution in [1.29, 1.82) is 0 Å². The van der Waals surface area contributed by atoms with Crippen LogP contribution in [0.4, 0.5) is 5.82 Å². The molecule has 2 aliphatic rings. The Hall–Kier alpha value is -3.16. The Balaban J connectivity index is 1.30. The van der Waals surface area contributed by atoms with E-state index in [1.807, 2.05) is 24.3 Å². The number of nitrogens with zero attached hydrogens (tertiary/aromatic N) is 4. The van der Waals surface area contributed by atoms with Crippen molar-refractivity contribution < 1.29 is 14.1 Å². The van der Waals surface area contributed by atoms with Gasteiger partial charge in [0.1, 0.15) is 29.0 Å². The Morgan fingerprint density at radius 1 is 1.03 bits per heavy atom. The molecule has 1 amide bonds. The molecule has 174 valence electrons. The smallest absolute Gasteiger partial charge is 0.263 e. The van der Waals surface area contributed by atoms with Crippen molar-refractivity contribution in [3.05, 3.63) is 30.6 Å². The van der Waals surface area contributed by atoms with Crippen molar-refractivity contribution in [3.8, 4) is 17.0 Å². The third-order valence-electron chi connectivity index (χ3n) is 6.98. The van der Waals surface area contributed by atoms with Gasteiger partial charge in [-0.1, -0.05) is 30.8 Å². The summed E-state index contributed by atoms with van der Waals surface area (Å²) < 4.78 is 10.8. The second kappa shape index (κ2) is 9.77. The molecule has 8 nitrogen and oxygen atoms in total. The first kappa shape index (κ1) is 21.7. The maximum atomic E-state index is 12.9. The topological polar surface area (TPSA) is 93.4 Å². The molecule has 1 aliphatic carbocycles. The molecule has 3 aromatic rings. The van der Waals surface area contributed by atoms with Gasteiger partial charge in [-0.15, -0.1) is 0 Å². The van der Waals surface area contributed by atoms with Crippen molar-refractivity contribution >= 4 is 22.8 Å². The summed E-state index contributed by atoms with van der Waals surface area (Å²) in [6.45, 7) is 1.53. The van der Waals surface area contributed by atoms with Crippen LogP contribution in [0.1, 0.15) is 51.4 Å². The number of piperidine rings is 1. The minimum absolute atomic E-state index is 0.0605. The first-order chi connectivity index (χ1) is 16.2. The first-order valence-corrected chi connectivity index (χ1v) is 12.0. The van der Waals surface area contributed by atoms with E-state index in [1.165, 1.54) is 32.0 Å². The molecule has 0 unspecified atom stereocenters. The number of hydrogen-bond donors (Lipinski definition) is 1. The van der Waals surface area contributed by atoms with E-state index < -0.39 is 0 Å². The molecule has 0 atom stereocenters. The minimum atomic E-state index is 0.0605. The lowest BCUT2D eigenvalue weighted by molar-refractivity contribution is -0.126. The number of amides is 1. The SMILES string of the molecule is COc1ccc(-c2noc3ncnc(N4CCC(C(=O)NC5CCCCCC5)CC4)c23)cc1. The fraction of sp³-hybridized carbons (Fsp3) is 0.520. The van der Waals surface area contributed by atoms with Gasteiger partial charge in [0.05, 0.1) is 7.11 Å². The largest absolute Gasteiger partial charge is 0.497 e. The molecule has 3 heterocycles. The Bertz CT molecular complexity index is 1080. The molecule has 1 aromatic carbocycles. The highest BCUT2D eigenvalue weighted by molar-refractivity contribution is 5.98. The number of carbonyl (C=O) groups excluding carboxylic acids is 1. The van der Waals surface area contributed by atoms with Crippen LogP contribution in [0.5, 0.6) is 5.75 Å². The minimum Gasteiger partial charge on any atom is -0.497 e. The van der Waals surface area contributed by atoms with E-state index in [9.17, 15) is 4.79 Å². The predicted molar refractivity (Wildman–Crippen MR) is 126 cm³/mol. The van der Waals surface area contributed by atoms with Crippen molar-refractivity contribution in [3.63, 3.8) is 0 Å². The van der Waals surface area contributed by atoms with Crippen molar-refractivity contribution in [1.82, 2.24) is 20.4 Å². The van der Waals surface area contributed by atoms with Gasteiger partial charge >= 0.3 is 0 Å². The van der Waals surface area contributed by atoms with Crippen LogP contribution in [0, 0.1) is 5.92 Å². The zero-order valence-corrected chi connectivity index (χ0v) is 19.1. The lowest BCUT2D eigenvalue weighted by Gasteiger charge is -2.33.